The molecule has 0 saturated carbocycles. The zero-order valence-electron chi connectivity index (χ0n) is 13.4. The number of thiazole rings is 1. The maximum absolute atomic E-state index is 11.9. The molecule has 0 unspecified atom stereocenters. The fraction of sp³-hybridized carbons (Fsp3) is 0.667. The van der Waals surface area contributed by atoms with Crippen LogP contribution in [0, 0.1) is 5.41 Å². The van der Waals surface area contributed by atoms with Crippen LogP contribution >= 0.6 is 11.3 Å². The Labute approximate surface area is 135 Å². The van der Waals surface area contributed by atoms with E-state index in [2.05, 4.69) is 20.9 Å². The molecule has 7 heteroatoms. The van der Waals surface area contributed by atoms with Crippen LogP contribution in [0.25, 0.3) is 0 Å². The summed E-state index contributed by atoms with van der Waals surface area (Å²) in [7, 11) is 0. The standard InChI is InChI=1S/C15H24N4O2S/c1-15(2,3)13(21)17-9-12(20)19-14-18-8-11(22-14)10-4-6-16-7-5-10/h8,10,16H,4-7,9H2,1-3H3,(H,17,21)(H,18,19,20). The Morgan fingerprint density at radius 1 is 1.36 bits per heavy atom. The molecule has 1 aliphatic rings. The molecule has 2 heterocycles. The van der Waals surface area contributed by atoms with Gasteiger partial charge in [0.15, 0.2) is 5.13 Å². The summed E-state index contributed by atoms with van der Waals surface area (Å²) in [6, 6.07) is 0. The highest BCUT2D eigenvalue weighted by Gasteiger charge is 2.22. The summed E-state index contributed by atoms with van der Waals surface area (Å²) < 4.78 is 0. The lowest BCUT2D eigenvalue weighted by Crippen LogP contribution is -2.39. The molecule has 1 aromatic rings. The molecule has 0 radical (unpaired) electrons. The summed E-state index contributed by atoms with van der Waals surface area (Å²) in [6.07, 6.45) is 4.07. The number of amides is 2. The quantitative estimate of drug-likeness (QED) is 0.787. The van der Waals surface area contributed by atoms with Crippen LogP contribution in [0.3, 0.4) is 0 Å². The third-order valence-electron chi connectivity index (χ3n) is 3.60. The van der Waals surface area contributed by atoms with Gasteiger partial charge in [-0.1, -0.05) is 20.8 Å². The van der Waals surface area contributed by atoms with Crippen molar-refractivity contribution >= 4 is 28.3 Å². The van der Waals surface area contributed by atoms with E-state index in [-0.39, 0.29) is 18.4 Å². The van der Waals surface area contributed by atoms with Crippen LogP contribution in [0.4, 0.5) is 5.13 Å². The normalized spacial score (nSPS) is 16.3. The highest BCUT2D eigenvalue weighted by atomic mass is 32.1. The maximum atomic E-state index is 11.9. The van der Waals surface area contributed by atoms with E-state index in [1.807, 2.05) is 27.0 Å². The van der Waals surface area contributed by atoms with Gasteiger partial charge in [0, 0.05) is 16.5 Å². The molecule has 122 valence electrons. The van der Waals surface area contributed by atoms with Gasteiger partial charge in [-0.05, 0) is 31.8 Å². The van der Waals surface area contributed by atoms with Crippen LogP contribution in [0.2, 0.25) is 0 Å². The van der Waals surface area contributed by atoms with E-state index in [1.54, 1.807) is 0 Å². The maximum Gasteiger partial charge on any atom is 0.245 e. The average Bonchev–Trinajstić information content (AvgIpc) is 2.93. The first kappa shape index (κ1) is 16.9. The van der Waals surface area contributed by atoms with E-state index in [9.17, 15) is 9.59 Å². The van der Waals surface area contributed by atoms with Crippen LogP contribution in [0.1, 0.15) is 44.4 Å². The number of rotatable bonds is 4. The molecule has 1 fully saturated rings. The smallest absolute Gasteiger partial charge is 0.245 e. The average molecular weight is 324 g/mol. The van der Waals surface area contributed by atoms with Gasteiger partial charge in [-0.15, -0.1) is 11.3 Å². The Hall–Kier alpha value is -1.47. The van der Waals surface area contributed by atoms with Crippen molar-refractivity contribution < 1.29 is 9.59 Å². The first-order valence-electron chi connectivity index (χ1n) is 7.61. The summed E-state index contributed by atoms with van der Waals surface area (Å²) in [5, 5.41) is 9.31. The number of nitrogens with one attached hydrogen (secondary N) is 3. The largest absolute Gasteiger partial charge is 0.347 e. The molecule has 3 N–H and O–H groups in total. The predicted molar refractivity (Wildman–Crippen MR) is 88.1 cm³/mol. The molecule has 6 nitrogen and oxygen atoms in total. The molecule has 2 rings (SSSR count). The zero-order valence-corrected chi connectivity index (χ0v) is 14.2. The third-order valence-corrected chi connectivity index (χ3v) is 4.68. The number of carbonyl (C=O) groups is 2. The van der Waals surface area contributed by atoms with Gasteiger partial charge < -0.3 is 16.0 Å². The monoisotopic (exact) mass is 324 g/mol. The fourth-order valence-electron chi connectivity index (χ4n) is 2.23. The van der Waals surface area contributed by atoms with Crippen LogP contribution < -0.4 is 16.0 Å². The molecule has 1 saturated heterocycles. The molecule has 0 bridgehead atoms. The van der Waals surface area contributed by atoms with Gasteiger partial charge in [-0.25, -0.2) is 4.98 Å². The number of carbonyl (C=O) groups excluding carboxylic acids is 2. The minimum Gasteiger partial charge on any atom is -0.347 e. The molecule has 1 aliphatic heterocycles. The van der Waals surface area contributed by atoms with Gasteiger partial charge in [0.25, 0.3) is 0 Å². The fourth-order valence-corrected chi connectivity index (χ4v) is 3.23. The van der Waals surface area contributed by atoms with E-state index in [0.717, 1.165) is 25.9 Å². The zero-order chi connectivity index (χ0) is 16.2. The Morgan fingerprint density at radius 3 is 2.68 bits per heavy atom. The molecular weight excluding hydrogens is 300 g/mol. The van der Waals surface area contributed by atoms with Crippen LogP contribution in [0.5, 0.6) is 0 Å². The van der Waals surface area contributed by atoms with Crippen molar-refractivity contribution in [3.05, 3.63) is 11.1 Å². The van der Waals surface area contributed by atoms with Crippen molar-refractivity contribution in [2.75, 3.05) is 25.0 Å². The SMILES string of the molecule is CC(C)(C)C(=O)NCC(=O)Nc1ncc(C2CCNCC2)s1. The lowest BCUT2D eigenvalue weighted by Gasteiger charge is -2.20. The van der Waals surface area contributed by atoms with E-state index in [0.29, 0.717) is 11.0 Å². The second kappa shape index (κ2) is 7.19. The Balaban J connectivity index is 1.82. The summed E-state index contributed by atoms with van der Waals surface area (Å²) in [5.74, 6) is 0.144. The van der Waals surface area contributed by atoms with Gasteiger partial charge in [-0.3, -0.25) is 9.59 Å². The second-order valence-corrected chi connectivity index (χ2v) is 7.64. The van der Waals surface area contributed by atoms with Crippen LogP contribution in [-0.4, -0.2) is 36.4 Å². The molecule has 0 aliphatic carbocycles. The molecular formula is C15H24N4O2S. The van der Waals surface area contributed by atoms with Crippen molar-refractivity contribution in [1.82, 2.24) is 15.6 Å². The Kier molecular flexibility index (Phi) is 5.52. The van der Waals surface area contributed by atoms with Crippen molar-refractivity contribution in [3.63, 3.8) is 0 Å². The summed E-state index contributed by atoms with van der Waals surface area (Å²) >= 11 is 1.52. The Morgan fingerprint density at radius 2 is 2.05 bits per heavy atom. The molecule has 0 spiro atoms. The van der Waals surface area contributed by atoms with Crippen molar-refractivity contribution in [3.8, 4) is 0 Å². The lowest BCUT2D eigenvalue weighted by atomic mass is 9.96. The van der Waals surface area contributed by atoms with Crippen LogP contribution in [-0.2, 0) is 9.59 Å². The van der Waals surface area contributed by atoms with Crippen molar-refractivity contribution in [2.24, 2.45) is 5.41 Å². The number of hydrogen-bond donors (Lipinski definition) is 3. The molecule has 0 aromatic carbocycles. The predicted octanol–water partition coefficient (Wildman–Crippen LogP) is 1.71. The first-order chi connectivity index (χ1) is 10.4. The number of anilines is 1. The topological polar surface area (TPSA) is 83.1 Å². The summed E-state index contributed by atoms with van der Waals surface area (Å²) in [6.45, 7) is 7.47. The molecule has 0 atom stereocenters. The highest BCUT2D eigenvalue weighted by Crippen LogP contribution is 2.31. The lowest BCUT2D eigenvalue weighted by molar-refractivity contribution is -0.130. The van der Waals surface area contributed by atoms with Gasteiger partial charge in [-0.2, -0.15) is 0 Å². The van der Waals surface area contributed by atoms with Gasteiger partial charge in [0.05, 0.1) is 6.54 Å². The number of nitrogens with zero attached hydrogens (tertiary/aromatic N) is 1. The first-order valence-corrected chi connectivity index (χ1v) is 8.42. The van der Waals surface area contributed by atoms with Crippen LogP contribution in [0.15, 0.2) is 6.20 Å². The minimum absolute atomic E-state index is 0.0294. The summed E-state index contributed by atoms with van der Waals surface area (Å²) in [4.78, 5) is 29.1. The van der Waals surface area contributed by atoms with Gasteiger partial charge >= 0.3 is 0 Å². The number of hydrogen-bond acceptors (Lipinski definition) is 5. The van der Waals surface area contributed by atoms with E-state index in [4.69, 9.17) is 0 Å². The molecule has 1 aromatic heterocycles. The van der Waals surface area contributed by atoms with E-state index >= 15 is 0 Å². The number of piperidine rings is 1. The van der Waals surface area contributed by atoms with E-state index in [1.165, 1.54) is 16.2 Å². The third kappa shape index (κ3) is 4.78. The second-order valence-electron chi connectivity index (χ2n) is 6.57. The highest BCUT2D eigenvalue weighted by molar-refractivity contribution is 7.15. The Bertz CT molecular complexity index is 530. The minimum atomic E-state index is -0.496. The molecule has 2 amide bonds. The van der Waals surface area contributed by atoms with Crippen molar-refractivity contribution in [1.29, 1.82) is 0 Å². The van der Waals surface area contributed by atoms with E-state index < -0.39 is 5.41 Å². The number of aromatic nitrogens is 1. The van der Waals surface area contributed by atoms with Gasteiger partial charge in [0.2, 0.25) is 11.8 Å². The van der Waals surface area contributed by atoms with Gasteiger partial charge in [0.1, 0.15) is 0 Å². The molecule has 22 heavy (non-hydrogen) atoms. The summed E-state index contributed by atoms with van der Waals surface area (Å²) in [5.41, 5.74) is -0.496. The van der Waals surface area contributed by atoms with Crippen molar-refractivity contribution in [2.45, 2.75) is 39.5 Å².